The van der Waals surface area contributed by atoms with Crippen molar-refractivity contribution >= 4 is 17.8 Å². The van der Waals surface area contributed by atoms with Gasteiger partial charge in [-0.15, -0.1) is 0 Å². The van der Waals surface area contributed by atoms with Crippen LogP contribution in [0.3, 0.4) is 0 Å². The van der Waals surface area contributed by atoms with Crippen LogP contribution < -0.4 is 9.47 Å². The molecule has 0 aliphatic carbocycles. The van der Waals surface area contributed by atoms with Gasteiger partial charge in [0.15, 0.2) is 5.76 Å². The molecule has 4 aromatic carbocycles. The molecule has 0 aromatic heterocycles. The number of halogens is 1. The zero-order valence-corrected chi connectivity index (χ0v) is 17.3. The highest BCUT2D eigenvalue weighted by Gasteiger charge is 2.28. The monoisotopic (exact) mass is 436 g/mol. The number of benzene rings is 4. The van der Waals surface area contributed by atoms with Gasteiger partial charge in [-0.1, -0.05) is 54.6 Å². The molecule has 1 aliphatic heterocycles. The summed E-state index contributed by atoms with van der Waals surface area (Å²) >= 11 is 0. The first-order valence-corrected chi connectivity index (χ1v) is 10.3. The molecule has 160 valence electrons. The van der Waals surface area contributed by atoms with Crippen molar-refractivity contribution in [1.82, 2.24) is 0 Å². The molecule has 33 heavy (non-hydrogen) atoms. The quantitative estimate of drug-likeness (QED) is 0.213. The molecule has 0 amide bonds. The van der Waals surface area contributed by atoms with Crippen molar-refractivity contribution < 1.29 is 23.5 Å². The molecule has 0 unspecified atom stereocenters. The molecule has 0 atom stereocenters. The number of ketones is 1. The summed E-state index contributed by atoms with van der Waals surface area (Å²) in [7, 11) is 0. The average Bonchev–Trinajstić information content (AvgIpc) is 3.15. The zero-order valence-electron chi connectivity index (χ0n) is 17.3. The molecule has 0 bridgehead atoms. The van der Waals surface area contributed by atoms with Crippen LogP contribution in [0.5, 0.6) is 11.5 Å². The molecular formula is C28H17FO4. The third-order valence-corrected chi connectivity index (χ3v) is 5.25. The lowest BCUT2D eigenvalue weighted by Gasteiger charge is -2.05. The summed E-state index contributed by atoms with van der Waals surface area (Å²) in [6.45, 7) is 0. The van der Waals surface area contributed by atoms with E-state index in [9.17, 15) is 14.0 Å². The van der Waals surface area contributed by atoms with E-state index in [4.69, 9.17) is 9.47 Å². The van der Waals surface area contributed by atoms with Gasteiger partial charge < -0.3 is 9.47 Å². The number of esters is 1. The van der Waals surface area contributed by atoms with Crippen molar-refractivity contribution in [3.63, 3.8) is 0 Å². The molecule has 0 saturated carbocycles. The fraction of sp³-hybridized carbons (Fsp3) is 0. The van der Waals surface area contributed by atoms with Crippen LogP contribution in [0, 0.1) is 5.82 Å². The van der Waals surface area contributed by atoms with Crippen molar-refractivity contribution in [2.75, 3.05) is 0 Å². The predicted octanol–water partition coefficient (Wildman–Crippen LogP) is 6.33. The van der Waals surface area contributed by atoms with Crippen molar-refractivity contribution in [1.29, 1.82) is 0 Å². The van der Waals surface area contributed by atoms with Gasteiger partial charge in [0.2, 0.25) is 5.78 Å². The summed E-state index contributed by atoms with van der Waals surface area (Å²) < 4.78 is 24.1. The van der Waals surface area contributed by atoms with Crippen LogP contribution in [-0.2, 0) is 0 Å². The molecule has 0 fully saturated rings. The zero-order chi connectivity index (χ0) is 22.8. The summed E-state index contributed by atoms with van der Waals surface area (Å²) in [5, 5.41) is 0. The number of carbonyl (C=O) groups is 2. The Bertz CT molecular complexity index is 1370. The Morgan fingerprint density at radius 1 is 0.818 bits per heavy atom. The highest BCUT2D eigenvalue weighted by atomic mass is 19.1. The summed E-state index contributed by atoms with van der Waals surface area (Å²) in [5.41, 5.74) is 3.62. The second-order valence-corrected chi connectivity index (χ2v) is 7.48. The Kier molecular flexibility index (Phi) is 5.29. The van der Waals surface area contributed by atoms with Crippen molar-refractivity contribution in [2.45, 2.75) is 0 Å². The van der Waals surface area contributed by atoms with Crippen LogP contribution in [-0.4, -0.2) is 11.8 Å². The summed E-state index contributed by atoms with van der Waals surface area (Å²) in [6.07, 6.45) is 1.68. The van der Waals surface area contributed by atoms with Crippen LogP contribution >= 0.6 is 0 Å². The summed E-state index contributed by atoms with van der Waals surface area (Å²) in [5.74, 6) is -0.576. The van der Waals surface area contributed by atoms with Crippen molar-refractivity contribution in [2.24, 2.45) is 0 Å². The number of hydrogen-bond donors (Lipinski definition) is 0. The van der Waals surface area contributed by atoms with Gasteiger partial charge >= 0.3 is 5.97 Å². The van der Waals surface area contributed by atoms with Crippen LogP contribution in [0.2, 0.25) is 0 Å². The number of rotatable bonds is 4. The van der Waals surface area contributed by atoms with Gasteiger partial charge in [0.25, 0.3) is 0 Å². The van der Waals surface area contributed by atoms with Gasteiger partial charge in [0.1, 0.15) is 17.3 Å². The highest BCUT2D eigenvalue weighted by molar-refractivity contribution is 6.14. The molecule has 5 rings (SSSR count). The van der Waals surface area contributed by atoms with Gasteiger partial charge in [-0.2, -0.15) is 0 Å². The van der Waals surface area contributed by atoms with E-state index >= 15 is 0 Å². The predicted molar refractivity (Wildman–Crippen MR) is 123 cm³/mol. The SMILES string of the molecule is O=C(Oc1ccc2c(c1)OC(=Cc1ccc(-c3ccccc3)cc1)C2=O)c1ccc(F)cc1. The molecule has 1 aliphatic rings. The van der Waals surface area contributed by atoms with Gasteiger partial charge in [-0.25, -0.2) is 9.18 Å². The standard InChI is InChI=1S/C28H17FO4/c29-22-12-10-21(11-13-22)28(31)32-23-14-15-24-25(17-23)33-26(27(24)30)16-18-6-8-20(9-7-18)19-4-2-1-3-5-19/h1-17H. The van der Waals surface area contributed by atoms with Gasteiger partial charge in [-0.3, -0.25) is 4.79 Å². The Labute approximate surface area is 189 Å². The van der Waals surface area contributed by atoms with E-state index in [0.717, 1.165) is 16.7 Å². The molecule has 0 radical (unpaired) electrons. The first kappa shape index (κ1) is 20.4. The molecule has 0 N–H and O–H groups in total. The third kappa shape index (κ3) is 4.29. The number of ether oxygens (including phenoxy) is 2. The van der Waals surface area contributed by atoms with Gasteiger partial charge in [0.05, 0.1) is 11.1 Å². The number of Topliss-reactive ketones (excluding diaryl/α,β-unsaturated/α-hetero) is 1. The number of carbonyl (C=O) groups excluding carboxylic acids is 2. The van der Waals surface area contributed by atoms with E-state index in [1.807, 2.05) is 54.6 Å². The van der Waals surface area contributed by atoms with Crippen molar-refractivity contribution in [3.8, 4) is 22.6 Å². The van der Waals surface area contributed by atoms with E-state index in [0.29, 0.717) is 11.3 Å². The minimum Gasteiger partial charge on any atom is -0.452 e. The number of fused-ring (bicyclic) bond motifs is 1. The van der Waals surface area contributed by atoms with Gasteiger partial charge in [-0.05, 0) is 59.2 Å². The largest absolute Gasteiger partial charge is 0.452 e. The fourth-order valence-electron chi connectivity index (χ4n) is 3.54. The van der Waals surface area contributed by atoms with E-state index < -0.39 is 11.8 Å². The summed E-state index contributed by atoms with van der Waals surface area (Å²) in [6, 6.07) is 27.5. The maximum Gasteiger partial charge on any atom is 0.343 e. The molecule has 5 heteroatoms. The Morgan fingerprint density at radius 3 is 2.24 bits per heavy atom. The Hall–Kier alpha value is -4.51. The van der Waals surface area contributed by atoms with Crippen LogP contribution in [0.25, 0.3) is 17.2 Å². The lowest BCUT2D eigenvalue weighted by atomic mass is 10.0. The molecule has 0 saturated heterocycles. The Morgan fingerprint density at radius 2 is 1.52 bits per heavy atom. The minimum absolute atomic E-state index is 0.194. The van der Waals surface area contributed by atoms with E-state index in [-0.39, 0.29) is 22.9 Å². The van der Waals surface area contributed by atoms with Gasteiger partial charge in [0, 0.05) is 6.07 Å². The maximum absolute atomic E-state index is 13.0. The molecule has 1 heterocycles. The third-order valence-electron chi connectivity index (χ3n) is 5.25. The minimum atomic E-state index is -0.631. The Balaban J connectivity index is 1.33. The molecule has 4 nitrogen and oxygen atoms in total. The lowest BCUT2D eigenvalue weighted by Crippen LogP contribution is -2.08. The van der Waals surface area contributed by atoms with E-state index in [1.165, 1.54) is 36.4 Å². The summed E-state index contributed by atoms with van der Waals surface area (Å²) in [4.78, 5) is 25.0. The molecular weight excluding hydrogens is 419 g/mol. The maximum atomic E-state index is 13.0. The second-order valence-electron chi connectivity index (χ2n) is 7.48. The van der Waals surface area contributed by atoms with E-state index in [2.05, 4.69) is 0 Å². The van der Waals surface area contributed by atoms with Crippen LogP contribution in [0.4, 0.5) is 4.39 Å². The number of allylic oxidation sites excluding steroid dienone is 1. The van der Waals surface area contributed by atoms with Crippen molar-refractivity contribution in [3.05, 3.63) is 125 Å². The topological polar surface area (TPSA) is 52.6 Å². The average molecular weight is 436 g/mol. The fourth-order valence-corrected chi connectivity index (χ4v) is 3.54. The molecule has 0 spiro atoms. The first-order valence-electron chi connectivity index (χ1n) is 10.3. The normalized spacial score (nSPS) is 13.5. The number of hydrogen-bond acceptors (Lipinski definition) is 4. The van der Waals surface area contributed by atoms with Crippen LogP contribution in [0.15, 0.2) is 103 Å². The highest BCUT2D eigenvalue weighted by Crippen LogP contribution is 2.35. The lowest BCUT2D eigenvalue weighted by molar-refractivity contribution is 0.0734. The molecule has 4 aromatic rings. The first-order chi connectivity index (χ1) is 16.1. The van der Waals surface area contributed by atoms with Crippen LogP contribution in [0.1, 0.15) is 26.3 Å². The smallest absolute Gasteiger partial charge is 0.343 e. The second kappa shape index (κ2) is 8.55. The van der Waals surface area contributed by atoms with E-state index in [1.54, 1.807) is 12.1 Å².